The van der Waals surface area contributed by atoms with E-state index in [2.05, 4.69) is 22.1 Å². The molecular weight excluding hydrogens is 224 g/mol. The molecule has 2 aromatic rings. The van der Waals surface area contributed by atoms with Crippen molar-refractivity contribution in [3.05, 3.63) is 41.2 Å². The van der Waals surface area contributed by atoms with Crippen molar-refractivity contribution in [3.63, 3.8) is 0 Å². The molecule has 2 rings (SSSR count). The first kappa shape index (κ1) is 11.1. The predicted molar refractivity (Wildman–Crippen MR) is 62.4 cm³/mol. The standard InChI is InChI=1S/C11H13ClN4/c1-8(5-11-15-14-7-16(11)2)9-3-4-13-10(12)6-9/h3-4,6-8H,5H2,1-2H3/t8-/m0/s1. The molecule has 0 bridgehead atoms. The maximum atomic E-state index is 5.86. The molecule has 0 N–H and O–H groups in total. The van der Waals surface area contributed by atoms with Crippen molar-refractivity contribution in [2.45, 2.75) is 19.3 Å². The van der Waals surface area contributed by atoms with Gasteiger partial charge in [-0.2, -0.15) is 0 Å². The number of aromatic nitrogens is 4. The zero-order valence-corrected chi connectivity index (χ0v) is 10.0. The third kappa shape index (κ3) is 2.39. The summed E-state index contributed by atoms with van der Waals surface area (Å²) < 4.78 is 1.93. The molecule has 0 aliphatic heterocycles. The Labute approximate surface area is 99.3 Å². The Morgan fingerprint density at radius 1 is 1.50 bits per heavy atom. The largest absolute Gasteiger partial charge is 0.321 e. The van der Waals surface area contributed by atoms with Crippen LogP contribution in [0.3, 0.4) is 0 Å². The fourth-order valence-electron chi connectivity index (χ4n) is 1.61. The quantitative estimate of drug-likeness (QED) is 0.768. The molecule has 0 fully saturated rings. The summed E-state index contributed by atoms with van der Waals surface area (Å²) in [6.45, 7) is 2.14. The lowest BCUT2D eigenvalue weighted by molar-refractivity contribution is 0.680. The van der Waals surface area contributed by atoms with E-state index in [1.807, 2.05) is 23.7 Å². The van der Waals surface area contributed by atoms with Crippen LogP contribution in [0.4, 0.5) is 0 Å². The summed E-state index contributed by atoms with van der Waals surface area (Å²) in [5.41, 5.74) is 1.17. The molecule has 1 atom stereocenters. The normalized spacial score (nSPS) is 12.7. The number of rotatable bonds is 3. The van der Waals surface area contributed by atoms with Crippen LogP contribution < -0.4 is 0 Å². The van der Waals surface area contributed by atoms with Crippen LogP contribution >= 0.6 is 11.6 Å². The smallest absolute Gasteiger partial charge is 0.133 e. The minimum atomic E-state index is 0.350. The minimum absolute atomic E-state index is 0.350. The fraction of sp³-hybridized carbons (Fsp3) is 0.364. The summed E-state index contributed by atoms with van der Waals surface area (Å²) >= 11 is 5.86. The van der Waals surface area contributed by atoms with Crippen LogP contribution in [-0.2, 0) is 13.5 Å². The number of pyridine rings is 1. The van der Waals surface area contributed by atoms with Crippen molar-refractivity contribution in [1.82, 2.24) is 19.7 Å². The zero-order valence-electron chi connectivity index (χ0n) is 9.26. The van der Waals surface area contributed by atoms with Gasteiger partial charge in [0, 0.05) is 19.7 Å². The summed E-state index contributed by atoms with van der Waals surface area (Å²) in [5, 5.41) is 8.46. The zero-order chi connectivity index (χ0) is 11.5. The van der Waals surface area contributed by atoms with E-state index < -0.39 is 0 Å². The number of nitrogens with zero attached hydrogens (tertiary/aromatic N) is 4. The van der Waals surface area contributed by atoms with Crippen molar-refractivity contribution >= 4 is 11.6 Å². The summed E-state index contributed by atoms with van der Waals surface area (Å²) in [4.78, 5) is 3.97. The monoisotopic (exact) mass is 236 g/mol. The topological polar surface area (TPSA) is 43.6 Å². The van der Waals surface area contributed by atoms with Gasteiger partial charge in [-0.3, -0.25) is 0 Å². The van der Waals surface area contributed by atoms with Crippen molar-refractivity contribution in [1.29, 1.82) is 0 Å². The Kier molecular flexibility index (Phi) is 3.19. The molecular formula is C11H13ClN4. The number of halogens is 1. The third-order valence-corrected chi connectivity index (χ3v) is 2.82. The van der Waals surface area contributed by atoms with Gasteiger partial charge in [-0.15, -0.1) is 10.2 Å². The van der Waals surface area contributed by atoms with Crippen molar-refractivity contribution in [3.8, 4) is 0 Å². The Morgan fingerprint density at radius 3 is 2.94 bits per heavy atom. The summed E-state index contributed by atoms with van der Waals surface area (Å²) in [6, 6.07) is 3.87. The van der Waals surface area contributed by atoms with Crippen LogP contribution in [0, 0.1) is 0 Å². The lowest BCUT2D eigenvalue weighted by Gasteiger charge is -2.10. The van der Waals surface area contributed by atoms with E-state index in [0.29, 0.717) is 11.1 Å². The van der Waals surface area contributed by atoms with Crippen LogP contribution in [0.25, 0.3) is 0 Å². The van der Waals surface area contributed by atoms with Gasteiger partial charge in [0.15, 0.2) is 0 Å². The van der Waals surface area contributed by atoms with Gasteiger partial charge in [0.05, 0.1) is 0 Å². The maximum Gasteiger partial charge on any atom is 0.133 e. The average molecular weight is 237 g/mol. The summed E-state index contributed by atoms with van der Waals surface area (Å²) in [7, 11) is 1.95. The molecule has 0 spiro atoms. The second-order valence-corrected chi connectivity index (χ2v) is 4.26. The van der Waals surface area contributed by atoms with E-state index in [1.165, 1.54) is 5.56 Å². The highest BCUT2D eigenvalue weighted by Crippen LogP contribution is 2.20. The molecule has 0 amide bonds. The lowest BCUT2D eigenvalue weighted by atomic mass is 9.99. The molecule has 0 saturated carbocycles. The van der Waals surface area contributed by atoms with E-state index in [1.54, 1.807) is 12.5 Å². The van der Waals surface area contributed by atoms with Crippen LogP contribution in [0.15, 0.2) is 24.7 Å². The number of hydrogen-bond donors (Lipinski definition) is 0. The van der Waals surface area contributed by atoms with E-state index in [9.17, 15) is 0 Å². The molecule has 0 radical (unpaired) electrons. The highest BCUT2D eigenvalue weighted by molar-refractivity contribution is 6.29. The fourth-order valence-corrected chi connectivity index (χ4v) is 1.79. The molecule has 0 aromatic carbocycles. The van der Waals surface area contributed by atoms with Crippen molar-refractivity contribution < 1.29 is 0 Å². The van der Waals surface area contributed by atoms with Gasteiger partial charge in [0.1, 0.15) is 17.3 Å². The molecule has 2 heterocycles. The van der Waals surface area contributed by atoms with Gasteiger partial charge in [-0.25, -0.2) is 4.98 Å². The molecule has 5 heteroatoms. The third-order valence-electron chi connectivity index (χ3n) is 2.61. The van der Waals surface area contributed by atoms with Crippen molar-refractivity contribution in [2.24, 2.45) is 7.05 Å². The van der Waals surface area contributed by atoms with Crippen LogP contribution in [0.2, 0.25) is 5.15 Å². The first-order valence-corrected chi connectivity index (χ1v) is 5.49. The van der Waals surface area contributed by atoms with Crippen LogP contribution in [0.5, 0.6) is 0 Å². The van der Waals surface area contributed by atoms with E-state index >= 15 is 0 Å². The number of aryl methyl sites for hydroxylation is 1. The van der Waals surface area contributed by atoms with Crippen molar-refractivity contribution in [2.75, 3.05) is 0 Å². The second kappa shape index (κ2) is 4.61. The highest BCUT2D eigenvalue weighted by atomic mass is 35.5. The summed E-state index contributed by atoms with van der Waals surface area (Å²) in [5.74, 6) is 1.32. The van der Waals surface area contributed by atoms with Gasteiger partial charge < -0.3 is 4.57 Å². The van der Waals surface area contributed by atoms with Gasteiger partial charge in [0.2, 0.25) is 0 Å². The summed E-state index contributed by atoms with van der Waals surface area (Å²) in [6.07, 6.45) is 4.28. The molecule has 84 valence electrons. The molecule has 2 aromatic heterocycles. The first-order valence-electron chi connectivity index (χ1n) is 5.11. The Hall–Kier alpha value is -1.42. The molecule has 0 aliphatic rings. The van der Waals surface area contributed by atoms with E-state index in [0.717, 1.165) is 12.2 Å². The Bertz CT molecular complexity index is 480. The van der Waals surface area contributed by atoms with Crippen LogP contribution in [0.1, 0.15) is 24.2 Å². The molecule has 4 nitrogen and oxygen atoms in total. The minimum Gasteiger partial charge on any atom is -0.321 e. The number of hydrogen-bond acceptors (Lipinski definition) is 3. The second-order valence-electron chi connectivity index (χ2n) is 3.88. The average Bonchev–Trinajstić information content (AvgIpc) is 2.64. The molecule has 0 unspecified atom stereocenters. The van der Waals surface area contributed by atoms with E-state index in [-0.39, 0.29) is 0 Å². The Morgan fingerprint density at radius 2 is 2.31 bits per heavy atom. The van der Waals surface area contributed by atoms with Gasteiger partial charge in [0.25, 0.3) is 0 Å². The van der Waals surface area contributed by atoms with Gasteiger partial charge in [-0.05, 0) is 23.6 Å². The molecule has 16 heavy (non-hydrogen) atoms. The predicted octanol–water partition coefficient (Wildman–Crippen LogP) is 2.21. The van der Waals surface area contributed by atoms with E-state index in [4.69, 9.17) is 11.6 Å². The highest BCUT2D eigenvalue weighted by Gasteiger charge is 2.10. The van der Waals surface area contributed by atoms with Gasteiger partial charge in [-0.1, -0.05) is 18.5 Å². The maximum absolute atomic E-state index is 5.86. The van der Waals surface area contributed by atoms with Crippen LogP contribution in [-0.4, -0.2) is 19.7 Å². The molecule has 0 aliphatic carbocycles. The Balaban J connectivity index is 2.14. The lowest BCUT2D eigenvalue weighted by Crippen LogP contribution is -2.04. The molecule has 0 saturated heterocycles. The SMILES string of the molecule is C[C@@H](Cc1nncn1C)c1ccnc(Cl)c1. The van der Waals surface area contributed by atoms with Gasteiger partial charge >= 0.3 is 0 Å². The first-order chi connectivity index (χ1) is 7.66.